The molecule has 2 N–H and O–H groups in total. The zero-order valence-corrected chi connectivity index (χ0v) is 14.7. The minimum absolute atomic E-state index is 0.116. The van der Waals surface area contributed by atoms with Crippen LogP contribution in [0.3, 0.4) is 0 Å². The molecule has 0 fully saturated rings. The summed E-state index contributed by atoms with van der Waals surface area (Å²) >= 11 is 0. The normalized spacial score (nSPS) is 14.1. The summed E-state index contributed by atoms with van der Waals surface area (Å²) in [7, 11) is -3.93. The van der Waals surface area contributed by atoms with Crippen LogP contribution in [0.25, 0.3) is 0 Å². The molecule has 3 rings (SSSR count). The Labute approximate surface area is 150 Å². The van der Waals surface area contributed by atoms with Gasteiger partial charge in [-0.2, -0.15) is 4.72 Å². The van der Waals surface area contributed by atoms with Gasteiger partial charge in [-0.25, -0.2) is 12.8 Å². The van der Waals surface area contributed by atoms with E-state index < -0.39 is 27.8 Å². The Morgan fingerprint density at radius 3 is 2.58 bits per heavy atom. The SMILES string of the molecule is CC(NS(=O)(=O)c1ccc(F)cc1)C(=O)NCc1ccc2c(c1)OCO2. The van der Waals surface area contributed by atoms with E-state index in [1.807, 2.05) is 0 Å². The number of hydrogen-bond donors (Lipinski definition) is 2. The first-order valence-corrected chi connectivity index (χ1v) is 9.27. The number of amides is 1. The zero-order chi connectivity index (χ0) is 18.7. The Balaban J connectivity index is 1.58. The predicted octanol–water partition coefficient (Wildman–Crippen LogP) is 1.54. The summed E-state index contributed by atoms with van der Waals surface area (Å²) in [4.78, 5) is 12.0. The number of ether oxygens (including phenoxy) is 2. The monoisotopic (exact) mass is 380 g/mol. The average molecular weight is 380 g/mol. The molecule has 1 aliphatic rings. The zero-order valence-electron chi connectivity index (χ0n) is 13.9. The van der Waals surface area contributed by atoms with Crippen molar-refractivity contribution in [2.45, 2.75) is 24.4 Å². The van der Waals surface area contributed by atoms with E-state index in [1.54, 1.807) is 18.2 Å². The molecule has 2 aromatic carbocycles. The lowest BCUT2D eigenvalue weighted by Crippen LogP contribution is -2.44. The molecule has 0 saturated carbocycles. The lowest BCUT2D eigenvalue weighted by Gasteiger charge is -2.14. The molecule has 26 heavy (non-hydrogen) atoms. The van der Waals surface area contributed by atoms with Gasteiger partial charge in [0.15, 0.2) is 11.5 Å². The second-order valence-electron chi connectivity index (χ2n) is 5.70. The van der Waals surface area contributed by atoms with Crippen LogP contribution in [0.5, 0.6) is 11.5 Å². The van der Waals surface area contributed by atoms with Crippen LogP contribution >= 0.6 is 0 Å². The number of hydrogen-bond acceptors (Lipinski definition) is 5. The summed E-state index contributed by atoms with van der Waals surface area (Å²) in [6.07, 6.45) is 0. The van der Waals surface area contributed by atoms with Crippen molar-refractivity contribution in [2.24, 2.45) is 0 Å². The maximum Gasteiger partial charge on any atom is 0.241 e. The predicted molar refractivity (Wildman–Crippen MR) is 90.6 cm³/mol. The molecule has 7 nitrogen and oxygen atoms in total. The van der Waals surface area contributed by atoms with E-state index in [4.69, 9.17) is 9.47 Å². The molecule has 1 atom stereocenters. The van der Waals surface area contributed by atoms with Gasteiger partial charge in [0.1, 0.15) is 5.82 Å². The van der Waals surface area contributed by atoms with E-state index in [1.165, 1.54) is 6.92 Å². The molecule has 0 spiro atoms. The molecule has 1 amide bonds. The lowest BCUT2D eigenvalue weighted by molar-refractivity contribution is -0.122. The molecule has 0 aliphatic carbocycles. The van der Waals surface area contributed by atoms with Gasteiger partial charge in [0.25, 0.3) is 0 Å². The quantitative estimate of drug-likeness (QED) is 0.793. The number of carbonyl (C=O) groups excluding carboxylic acids is 1. The fourth-order valence-corrected chi connectivity index (χ4v) is 3.56. The molecular weight excluding hydrogens is 363 g/mol. The number of fused-ring (bicyclic) bond motifs is 1. The summed E-state index contributed by atoms with van der Waals surface area (Å²) in [5.74, 6) is 0.203. The number of nitrogens with one attached hydrogen (secondary N) is 2. The van der Waals surface area contributed by atoms with Crippen molar-refractivity contribution in [3.05, 3.63) is 53.8 Å². The lowest BCUT2D eigenvalue weighted by atomic mass is 10.2. The number of benzene rings is 2. The molecule has 0 radical (unpaired) electrons. The molecular formula is C17H17FN2O5S. The van der Waals surface area contributed by atoms with E-state index >= 15 is 0 Å². The standard InChI is InChI=1S/C17H17FN2O5S/c1-11(20-26(22,23)14-5-3-13(18)4-6-14)17(21)19-9-12-2-7-15-16(8-12)25-10-24-15/h2-8,11,20H,9-10H2,1H3,(H,19,21). The highest BCUT2D eigenvalue weighted by Gasteiger charge is 2.22. The first-order chi connectivity index (χ1) is 12.3. The third-order valence-corrected chi connectivity index (χ3v) is 5.31. The van der Waals surface area contributed by atoms with Gasteiger partial charge in [-0.15, -0.1) is 0 Å². The summed E-state index contributed by atoms with van der Waals surface area (Å²) in [6.45, 7) is 1.79. The van der Waals surface area contributed by atoms with Crippen molar-refractivity contribution < 1.29 is 27.1 Å². The van der Waals surface area contributed by atoms with Gasteiger partial charge in [0.05, 0.1) is 10.9 Å². The van der Waals surface area contributed by atoms with Crippen molar-refractivity contribution in [1.82, 2.24) is 10.0 Å². The Hall–Kier alpha value is -2.65. The summed E-state index contributed by atoms with van der Waals surface area (Å²) in [6, 6.07) is 8.61. The fourth-order valence-electron chi connectivity index (χ4n) is 2.36. The minimum Gasteiger partial charge on any atom is -0.454 e. The number of rotatable bonds is 6. The van der Waals surface area contributed by atoms with Gasteiger partial charge < -0.3 is 14.8 Å². The number of carbonyl (C=O) groups is 1. The van der Waals surface area contributed by atoms with Gasteiger partial charge in [-0.05, 0) is 48.9 Å². The van der Waals surface area contributed by atoms with Gasteiger partial charge in [0, 0.05) is 6.54 Å². The topological polar surface area (TPSA) is 93.7 Å². The van der Waals surface area contributed by atoms with E-state index in [0.717, 1.165) is 29.8 Å². The van der Waals surface area contributed by atoms with E-state index in [-0.39, 0.29) is 18.2 Å². The second kappa shape index (κ2) is 7.30. The molecule has 0 saturated heterocycles. The fraction of sp³-hybridized carbons (Fsp3) is 0.235. The van der Waals surface area contributed by atoms with Gasteiger partial charge in [-0.3, -0.25) is 4.79 Å². The minimum atomic E-state index is -3.93. The highest BCUT2D eigenvalue weighted by Crippen LogP contribution is 2.32. The third-order valence-electron chi connectivity index (χ3n) is 3.75. The molecule has 2 aromatic rings. The largest absolute Gasteiger partial charge is 0.454 e. The van der Waals surface area contributed by atoms with E-state index in [0.29, 0.717) is 11.5 Å². The third kappa shape index (κ3) is 4.12. The molecule has 0 aromatic heterocycles. The Kier molecular flexibility index (Phi) is 5.10. The Morgan fingerprint density at radius 2 is 1.85 bits per heavy atom. The summed E-state index contributed by atoms with van der Waals surface area (Å²) < 4.78 is 50.1. The number of halogens is 1. The van der Waals surface area contributed by atoms with Crippen LogP contribution in [0.1, 0.15) is 12.5 Å². The second-order valence-corrected chi connectivity index (χ2v) is 7.42. The van der Waals surface area contributed by atoms with Crippen molar-refractivity contribution >= 4 is 15.9 Å². The first kappa shape index (κ1) is 18.2. The van der Waals surface area contributed by atoms with Crippen LogP contribution in [-0.4, -0.2) is 27.2 Å². The number of sulfonamides is 1. The highest BCUT2D eigenvalue weighted by molar-refractivity contribution is 7.89. The van der Waals surface area contributed by atoms with Crippen LogP contribution in [-0.2, 0) is 21.4 Å². The smallest absolute Gasteiger partial charge is 0.241 e. The maximum atomic E-state index is 12.9. The summed E-state index contributed by atoms with van der Waals surface area (Å²) in [5, 5.41) is 2.65. The Morgan fingerprint density at radius 1 is 1.15 bits per heavy atom. The van der Waals surface area contributed by atoms with Crippen LogP contribution < -0.4 is 19.5 Å². The van der Waals surface area contributed by atoms with Gasteiger partial charge in [-0.1, -0.05) is 6.07 Å². The van der Waals surface area contributed by atoms with Crippen LogP contribution in [0.15, 0.2) is 47.4 Å². The first-order valence-electron chi connectivity index (χ1n) is 7.79. The average Bonchev–Trinajstić information content (AvgIpc) is 3.07. The molecule has 1 unspecified atom stereocenters. The molecule has 138 valence electrons. The van der Waals surface area contributed by atoms with E-state index in [9.17, 15) is 17.6 Å². The maximum absolute atomic E-state index is 12.9. The van der Waals surface area contributed by atoms with Crippen LogP contribution in [0, 0.1) is 5.82 Å². The molecule has 1 aliphatic heterocycles. The van der Waals surface area contributed by atoms with Gasteiger partial charge in [0.2, 0.25) is 22.7 Å². The van der Waals surface area contributed by atoms with Crippen molar-refractivity contribution in [1.29, 1.82) is 0 Å². The summed E-state index contributed by atoms with van der Waals surface area (Å²) in [5.41, 5.74) is 0.788. The van der Waals surface area contributed by atoms with Gasteiger partial charge >= 0.3 is 0 Å². The molecule has 0 bridgehead atoms. The van der Waals surface area contributed by atoms with Crippen molar-refractivity contribution in [3.63, 3.8) is 0 Å². The van der Waals surface area contributed by atoms with Crippen molar-refractivity contribution in [2.75, 3.05) is 6.79 Å². The highest BCUT2D eigenvalue weighted by atomic mass is 32.2. The van der Waals surface area contributed by atoms with E-state index in [2.05, 4.69) is 10.0 Å². The van der Waals surface area contributed by atoms with Crippen LogP contribution in [0.2, 0.25) is 0 Å². The molecule has 9 heteroatoms. The molecule has 1 heterocycles. The van der Waals surface area contributed by atoms with Crippen LogP contribution in [0.4, 0.5) is 4.39 Å². The van der Waals surface area contributed by atoms with Crippen molar-refractivity contribution in [3.8, 4) is 11.5 Å². The Bertz CT molecular complexity index is 915.